The first-order valence-corrected chi connectivity index (χ1v) is 5.71. The van der Waals surface area contributed by atoms with Crippen LogP contribution in [0, 0.1) is 0 Å². The Balaban J connectivity index is 3.23. The second-order valence-electron chi connectivity index (χ2n) is 4.56. The molecule has 14 heteroatoms. The monoisotopic (exact) mass is 296 g/mol. The number of hydrogen-bond donors (Lipinski definition) is 4. The molecule has 0 amide bonds. The van der Waals surface area contributed by atoms with Gasteiger partial charge in [-0.25, -0.2) is 9.78 Å². The van der Waals surface area contributed by atoms with E-state index in [2.05, 4.69) is 9.97 Å². The third-order valence-corrected chi connectivity index (χ3v) is 2.81. The van der Waals surface area contributed by atoms with Crippen LogP contribution in [0.5, 0.6) is 0 Å². The maximum atomic E-state index is 11.6. The van der Waals surface area contributed by atoms with E-state index < -0.39 is 34.8 Å². The van der Waals surface area contributed by atoms with Crippen molar-refractivity contribution in [2.24, 2.45) is 0 Å². The normalized spacial score (nSPS) is 19.0. The van der Waals surface area contributed by atoms with Crippen LogP contribution in [0.25, 0.3) is 0 Å². The van der Waals surface area contributed by atoms with Gasteiger partial charge in [-0.3, -0.25) is 4.57 Å². The van der Waals surface area contributed by atoms with E-state index in [-0.39, 0.29) is 5.95 Å². The van der Waals surface area contributed by atoms with Gasteiger partial charge in [0.05, 0.1) is 23.7 Å². The summed E-state index contributed by atoms with van der Waals surface area (Å²) < 4.78 is 5.52. The minimum Gasteiger partial charge on any atom is -0.407 e. The highest BCUT2D eigenvalue weighted by Crippen LogP contribution is 2.31. The molecule has 0 fully saturated rings. The van der Waals surface area contributed by atoms with Gasteiger partial charge in [0.2, 0.25) is 5.95 Å². The first-order chi connectivity index (χ1) is 9.85. The summed E-state index contributed by atoms with van der Waals surface area (Å²) in [6.45, 7) is -1.21. The largest absolute Gasteiger partial charge is 0.407 e. The van der Waals surface area contributed by atoms with Crippen LogP contribution in [0.15, 0.2) is 11.1 Å². The highest BCUT2D eigenvalue weighted by Gasteiger charge is 2.52. The standard InChI is InChI=1S/C8H9B5N4O5/c9-3(17-2-15-4(14)16-5(17)19)22-7(11,8(12,13)21)6(10,20)1-18/h2-3,18,20-21H,1H2,(H2,14,16,19)/t3-,6?,7?/m1/s1. The van der Waals surface area contributed by atoms with Gasteiger partial charge >= 0.3 is 5.69 Å². The van der Waals surface area contributed by atoms with Crippen molar-refractivity contribution in [2.45, 2.75) is 22.5 Å². The molecular weight excluding hydrogens is 286 g/mol. The molecule has 0 bridgehead atoms. The molecule has 1 rings (SSSR count). The predicted molar refractivity (Wildman–Crippen MR) is 79.3 cm³/mol. The van der Waals surface area contributed by atoms with Gasteiger partial charge in [0.25, 0.3) is 0 Å². The summed E-state index contributed by atoms with van der Waals surface area (Å²) in [6, 6.07) is 0. The van der Waals surface area contributed by atoms with Crippen molar-refractivity contribution in [3.05, 3.63) is 16.8 Å². The third kappa shape index (κ3) is 3.40. The van der Waals surface area contributed by atoms with Gasteiger partial charge in [0.1, 0.15) is 45.6 Å². The molecule has 1 heterocycles. The third-order valence-electron chi connectivity index (χ3n) is 2.81. The van der Waals surface area contributed by atoms with Gasteiger partial charge in [-0.05, 0) is 0 Å². The maximum Gasteiger partial charge on any atom is 0.353 e. The lowest BCUT2D eigenvalue weighted by Gasteiger charge is -2.52. The van der Waals surface area contributed by atoms with Gasteiger partial charge in [0.15, 0.2) is 0 Å². The topological polar surface area (TPSA) is 144 Å². The minimum absolute atomic E-state index is 0.327. The highest BCUT2D eigenvalue weighted by atomic mass is 16.5. The average Bonchev–Trinajstić information content (AvgIpc) is 2.36. The van der Waals surface area contributed by atoms with Crippen molar-refractivity contribution in [2.75, 3.05) is 12.3 Å². The number of nitrogen functional groups attached to an aromatic ring is 1. The number of anilines is 1. The molecule has 1 aromatic rings. The van der Waals surface area contributed by atoms with E-state index >= 15 is 0 Å². The second-order valence-corrected chi connectivity index (χ2v) is 4.56. The molecule has 0 saturated heterocycles. The Kier molecular flexibility index (Phi) is 5.23. The fourth-order valence-corrected chi connectivity index (χ4v) is 1.44. The molecule has 5 N–H and O–H groups in total. The molecule has 0 spiro atoms. The van der Waals surface area contributed by atoms with Crippen LogP contribution < -0.4 is 11.4 Å². The summed E-state index contributed by atoms with van der Waals surface area (Å²) in [5.41, 5.74) is -1.48. The highest BCUT2D eigenvalue weighted by molar-refractivity contribution is 6.45. The minimum atomic E-state index is -2.95. The van der Waals surface area contributed by atoms with Crippen LogP contribution in [-0.4, -0.2) is 92.1 Å². The molecule has 3 atom stereocenters. The Hall–Kier alpha value is -1.23. The van der Waals surface area contributed by atoms with Gasteiger partial charge in [-0.1, -0.05) is 0 Å². The molecule has 106 valence electrons. The van der Waals surface area contributed by atoms with Crippen LogP contribution >= 0.6 is 0 Å². The van der Waals surface area contributed by atoms with Gasteiger partial charge in [-0.15, -0.1) is 0 Å². The Bertz CT molecular complexity index is 593. The predicted octanol–water partition coefficient (Wildman–Crippen LogP) is -5.44. The fraction of sp³-hybridized carbons (Fsp3) is 0.625. The lowest BCUT2D eigenvalue weighted by Crippen LogP contribution is -2.72. The zero-order chi connectivity index (χ0) is 17.3. The van der Waals surface area contributed by atoms with Crippen LogP contribution in [0.3, 0.4) is 0 Å². The second kappa shape index (κ2) is 6.11. The van der Waals surface area contributed by atoms with Gasteiger partial charge in [0, 0.05) is 5.40 Å². The summed E-state index contributed by atoms with van der Waals surface area (Å²) in [6.07, 6.45) is -0.922. The molecule has 0 saturated carbocycles. The Labute approximate surface area is 132 Å². The first-order valence-electron chi connectivity index (χ1n) is 5.71. The molecule has 1 aromatic heterocycles. The quantitative estimate of drug-likeness (QED) is 0.381. The van der Waals surface area contributed by atoms with Crippen molar-refractivity contribution in [1.29, 1.82) is 0 Å². The van der Waals surface area contributed by atoms with E-state index in [1.807, 2.05) is 0 Å². The summed E-state index contributed by atoms with van der Waals surface area (Å²) in [4.78, 5) is 18.4. The van der Waals surface area contributed by atoms with E-state index in [9.17, 15) is 15.0 Å². The molecule has 0 aromatic carbocycles. The smallest absolute Gasteiger partial charge is 0.353 e. The van der Waals surface area contributed by atoms with Crippen LogP contribution in [0.4, 0.5) is 5.95 Å². The number of rotatable bonds is 6. The molecule has 10 radical (unpaired) electrons. The zero-order valence-corrected chi connectivity index (χ0v) is 11.3. The number of nitrogens with zero attached hydrogens (tertiary/aromatic N) is 3. The van der Waals surface area contributed by atoms with E-state index in [0.29, 0.717) is 4.57 Å². The Morgan fingerprint density at radius 2 is 1.91 bits per heavy atom. The molecule has 9 nitrogen and oxygen atoms in total. The number of aliphatic hydroxyl groups excluding tert-OH is 1. The van der Waals surface area contributed by atoms with Gasteiger partial charge in [-0.2, -0.15) is 4.98 Å². The van der Waals surface area contributed by atoms with Crippen molar-refractivity contribution in [3.8, 4) is 0 Å². The number of nitrogens with two attached hydrogens (primary N) is 1. The summed E-state index contributed by atoms with van der Waals surface area (Å²) in [7, 11) is 26.8. The first kappa shape index (κ1) is 18.8. The van der Waals surface area contributed by atoms with Crippen LogP contribution in [0.1, 0.15) is 6.13 Å². The molecular formula is C8H9B5N4O5. The van der Waals surface area contributed by atoms with Crippen LogP contribution in [-0.2, 0) is 4.74 Å². The van der Waals surface area contributed by atoms with E-state index in [4.69, 9.17) is 54.8 Å². The summed E-state index contributed by atoms with van der Waals surface area (Å²) in [5.74, 6) is -0.327. The van der Waals surface area contributed by atoms with Crippen LogP contribution in [0.2, 0.25) is 0 Å². The van der Waals surface area contributed by atoms with E-state index in [1.165, 1.54) is 0 Å². The molecule has 0 aliphatic rings. The number of ether oxygens (including phenoxy) is 1. The molecule has 22 heavy (non-hydrogen) atoms. The van der Waals surface area contributed by atoms with Gasteiger partial charge < -0.3 is 25.8 Å². The summed E-state index contributed by atoms with van der Waals surface area (Å²) >= 11 is 0. The lowest BCUT2D eigenvalue weighted by molar-refractivity contribution is -0.176. The molecule has 2 unspecified atom stereocenters. The lowest BCUT2D eigenvalue weighted by atomic mass is 9.41. The van der Waals surface area contributed by atoms with Crippen molar-refractivity contribution in [3.63, 3.8) is 0 Å². The van der Waals surface area contributed by atoms with Crippen molar-refractivity contribution >= 4 is 45.2 Å². The van der Waals surface area contributed by atoms with E-state index in [1.54, 1.807) is 0 Å². The number of aromatic nitrogens is 3. The molecule has 0 aliphatic carbocycles. The average molecular weight is 295 g/mol. The number of hydrogen-bond acceptors (Lipinski definition) is 8. The fourth-order valence-electron chi connectivity index (χ4n) is 1.44. The Morgan fingerprint density at radius 3 is 2.32 bits per heavy atom. The summed E-state index contributed by atoms with van der Waals surface area (Å²) in [5, 5.41) is 25.6. The van der Waals surface area contributed by atoms with E-state index in [0.717, 1.165) is 6.33 Å². The number of aliphatic hydroxyl groups is 3. The maximum absolute atomic E-state index is 11.6. The molecule has 0 aliphatic heterocycles. The SMILES string of the molecule is [B][C@@H](OC([B])(C([B])([B])O)C([B])(O)CO)n1cnc(N)nc1=O. The van der Waals surface area contributed by atoms with Crippen molar-refractivity contribution < 1.29 is 20.1 Å². The zero-order valence-electron chi connectivity index (χ0n) is 11.3. The van der Waals surface area contributed by atoms with Crippen molar-refractivity contribution in [1.82, 2.24) is 14.5 Å². The Morgan fingerprint density at radius 1 is 1.36 bits per heavy atom.